The smallest absolute Gasteiger partial charge is 0.319 e. The van der Waals surface area contributed by atoms with Crippen LogP contribution in [0.25, 0.3) is 0 Å². The van der Waals surface area contributed by atoms with Crippen LogP contribution in [0.2, 0.25) is 0 Å². The second kappa shape index (κ2) is 8.94. The van der Waals surface area contributed by atoms with Crippen LogP contribution in [0.4, 0.5) is 14.9 Å². The first kappa shape index (κ1) is 16.9. The minimum absolute atomic E-state index is 0.187. The van der Waals surface area contributed by atoms with E-state index in [-0.39, 0.29) is 18.3 Å². The van der Waals surface area contributed by atoms with Crippen LogP contribution in [0.5, 0.6) is 0 Å². The van der Waals surface area contributed by atoms with Crippen LogP contribution in [0.3, 0.4) is 0 Å². The molecule has 1 aromatic rings. The van der Waals surface area contributed by atoms with Gasteiger partial charge in [-0.25, -0.2) is 9.18 Å². The van der Waals surface area contributed by atoms with Crippen molar-refractivity contribution < 1.29 is 19.1 Å². The summed E-state index contributed by atoms with van der Waals surface area (Å²) in [7, 11) is 0. The van der Waals surface area contributed by atoms with E-state index in [1.54, 1.807) is 19.1 Å². The lowest BCUT2D eigenvalue weighted by Crippen LogP contribution is -2.29. The molecule has 0 aliphatic heterocycles. The summed E-state index contributed by atoms with van der Waals surface area (Å²) in [6, 6.07) is 4.15. The van der Waals surface area contributed by atoms with Crippen molar-refractivity contribution in [2.75, 3.05) is 11.9 Å². The van der Waals surface area contributed by atoms with Gasteiger partial charge in [-0.15, -0.1) is 0 Å². The molecular formula is C15H21FN2O3. The van der Waals surface area contributed by atoms with Crippen molar-refractivity contribution in [3.63, 3.8) is 0 Å². The molecule has 0 bridgehead atoms. The summed E-state index contributed by atoms with van der Waals surface area (Å²) >= 11 is 0. The lowest BCUT2D eigenvalue weighted by atomic mass is 10.1. The molecule has 0 radical (unpaired) electrons. The number of carbonyl (C=O) groups is 2. The van der Waals surface area contributed by atoms with Gasteiger partial charge in [0.25, 0.3) is 0 Å². The van der Waals surface area contributed by atoms with E-state index in [2.05, 4.69) is 10.6 Å². The number of anilines is 1. The molecule has 0 aromatic heterocycles. The molecule has 3 N–H and O–H groups in total. The van der Waals surface area contributed by atoms with Gasteiger partial charge in [-0.1, -0.05) is 18.9 Å². The van der Waals surface area contributed by atoms with Crippen molar-refractivity contribution in [1.82, 2.24) is 5.32 Å². The number of unbranched alkanes of at least 4 members (excludes halogenated alkanes) is 3. The molecular weight excluding hydrogens is 275 g/mol. The normalized spacial score (nSPS) is 10.2. The zero-order chi connectivity index (χ0) is 15.7. The van der Waals surface area contributed by atoms with Crippen molar-refractivity contribution >= 4 is 17.7 Å². The summed E-state index contributed by atoms with van der Waals surface area (Å²) in [6.45, 7) is 2.16. The zero-order valence-electron chi connectivity index (χ0n) is 12.1. The quantitative estimate of drug-likeness (QED) is 0.644. The van der Waals surface area contributed by atoms with Crippen LogP contribution in [0.15, 0.2) is 18.2 Å². The van der Waals surface area contributed by atoms with Gasteiger partial charge in [-0.2, -0.15) is 0 Å². The fraction of sp³-hybridized carbons (Fsp3) is 0.467. The second-order valence-electron chi connectivity index (χ2n) is 4.90. The Labute approximate surface area is 123 Å². The summed E-state index contributed by atoms with van der Waals surface area (Å²) < 4.78 is 13.3. The topological polar surface area (TPSA) is 78.4 Å². The molecule has 5 nitrogen and oxygen atoms in total. The summed E-state index contributed by atoms with van der Waals surface area (Å²) in [5.41, 5.74) is 0.944. The number of amides is 2. The van der Waals surface area contributed by atoms with Crippen molar-refractivity contribution in [2.24, 2.45) is 0 Å². The average molecular weight is 296 g/mol. The third kappa shape index (κ3) is 7.29. The number of aryl methyl sites for hydroxylation is 1. The fourth-order valence-corrected chi connectivity index (χ4v) is 1.80. The number of carbonyl (C=O) groups excluding carboxylic acids is 1. The van der Waals surface area contributed by atoms with E-state index < -0.39 is 5.97 Å². The molecule has 0 fully saturated rings. The number of halogens is 1. The van der Waals surface area contributed by atoms with Crippen LogP contribution >= 0.6 is 0 Å². The van der Waals surface area contributed by atoms with Crippen molar-refractivity contribution in [1.29, 1.82) is 0 Å². The molecule has 6 heteroatoms. The molecule has 2 amide bonds. The number of aliphatic carboxylic acids is 1. The summed E-state index contributed by atoms with van der Waals surface area (Å²) in [6.07, 6.45) is 3.33. The fourth-order valence-electron chi connectivity index (χ4n) is 1.80. The monoisotopic (exact) mass is 296 g/mol. The molecule has 0 heterocycles. The van der Waals surface area contributed by atoms with Crippen LogP contribution in [-0.2, 0) is 4.79 Å². The first-order valence-corrected chi connectivity index (χ1v) is 7.02. The molecule has 0 atom stereocenters. The summed E-state index contributed by atoms with van der Waals surface area (Å²) in [4.78, 5) is 21.9. The van der Waals surface area contributed by atoms with E-state index in [1.807, 2.05) is 0 Å². The van der Waals surface area contributed by atoms with Gasteiger partial charge in [-0.05, 0) is 37.5 Å². The molecule has 0 unspecified atom stereocenters. The van der Waals surface area contributed by atoms with Gasteiger partial charge in [0.15, 0.2) is 0 Å². The SMILES string of the molecule is Cc1ccc(NC(=O)NCCCCCCC(=O)O)cc1F. The van der Waals surface area contributed by atoms with E-state index in [9.17, 15) is 14.0 Å². The van der Waals surface area contributed by atoms with Crippen LogP contribution in [0.1, 0.15) is 37.7 Å². The number of hydrogen-bond acceptors (Lipinski definition) is 2. The maximum atomic E-state index is 13.3. The van der Waals surface area contributed by atoms with Gasteiger partial charge in [-0.3, -0.25) is 4.79 Å². The van der Waals surface area contributed by atoms with Crippen molar-refractivity contribution in [3.8, 4) is 0 Å². The largest absolute Gasteiger partial charge is 0.481 e. The van der Waals surface area contributed by atoms with E-state index in [0.717, 1.165) is 19.3 Å². The van der Waals surface area contributed by atoms with E-state index >= 15 is 0 Å². The van der Waals surface area contributed by atoms with E-state index in [4.69, 9.17) is 5.11 Å². The van der Waals surface area contributed by atoms with E-state index in [1.165, 1.54) is 6.07 Å². The Morgan fingerprint density at radius 2 is 1.90 bits per heavy atom. The number of urea groups is 1. The Morgan fingerprint density at radius 1 is 1.19 bits per heavy atom. The zero-order valence-corrected chi connectivity index (χ0v) is 12.1. The van der Waals surface area contributed by atoms with Crippen LogP contribution < -0.4 is 10.6 Å². The number of nitrogens with one attached hydrogen (secondary N) is 2. The van der Waals surface area contributed by atoms with Crippen molar-refractivity contribution in [3.05, 3.63) is 29.6 Å². The molecule has 0 saturated heterocycles. The summed E-state index contributed by atoms with van der Waals surface area (Å²) in [5, 5.41) is 13.7. The molecule has 21 heavy (non-hydrogen) atoms. The predicted molar refractivity (Wildman–Crippen MR) is 78.9 cm³/mol. The predicted octanol–water partition coefficient (Wildman–Crippen LogP) is 3.29. The molecule has 0 aliphatic carbocycles. The van der Waals surface area contributed by atoms with Gasteiger partial charge >= 0.3 is 12.0 Å². The van der Waals surface area contributed by atoms with Gasteiger partial charge in [0.05, 0.1) is 0 Å². The highest BCUT2D eigenvalue weighted by Crippen LogP contribution is 2.13. The number of rotatable bonds is 8. The molecule has 0 saturated carbocycles. The molecule has 116 valence electrons. The Bertz CT molecular complexity index is 492. The second-order valence-corrected chi connectivity index (χ2v) is 4.90. The average Bonchev–Trinajstić information content (AvgIpc) is 2.41. The maximum absolute atomic E-state index is 13.3. The summed E-state index contributed by atoms with van der Waals surface area (Å²) in [5.74, 6) is -1.14. The highest BCUT2D eigenvalue weighted by molar-refractivity contribution is 5.89. The van der Waals surface area contributed by atoms with Gasteiger partial charge in [0, 0.05) is 18.7 Å². The molecule has 1 aromatic carbocycles. The number of hydrogen-bond donors (Lipinski definition) is 3. The van der Waals surface area contributed by atoms with Gasteiger partial charge in [0.1, 0.15) is 5.82 Å². The maximum Gasteiger partial charge on any atom is 0.319 e. The minimum atomic E-state index is -0.780. The third-order valence-electron chi connectivity index (χ3n) is 3.03. The molecule has 0 aliphatic rings. The van der Waals surface area contributed by atoms with Crippen LogP contribution in [0, 0.1) is 12.7 Å². The molecule has 0 spiro atoms. The Hall–Kier alpha value is -2.11. The number of carboxylic acid groups (broad SMARTS) is 1. The minimum Gasteiger partial charge on any atom is -0.481 e. The van der Waals surface area contributed by atoms with Crippen molar-refractivity contribution in [2.45, 2.75) is 39.0 Å². The van der Waals surface area contributed by atoms with E-state index in [0.29, 0.717) is 24.2 Å². The van der Waals surface area contributed by atoms with Gasteiger partial charge < -0.3 is 15.7 Å². The van der Waals surface area contributed by atoms with Gasteiger partial charge in [0.2, 0.25) is 0 Å². The standard InChI is InChI=1S/C15H21FN2O3/c1-11-7-8-12(10-13(11)16)18-15(21)17-9-5-3-2-4-6-14(19)20/h7-8,10H,2-6,9H2,1H3,(H,19,20)(H2,17,18,21). The Balaban J connectivity index is 2.14. The lowest BCUT2D eigenvalue weighted by molar-refractivity contribution is -0.137. The van der Waals surface area contributed by atoms with Crippen LogP contribution in [-0.4, -0.2) is 23.7 Å². The Kier molecular flexibility index (Phi) is 7.21. The first-order chi connectivity index (χ1) is 9.99. The highest BCUT2D eigenvalue weighted by atomic mass is 19.1. The molecule has 1 rings (SSSR count). The number of benzene rings is 1. The highest BCUT2D eigenvalue weighted by Gasteiger charge is 2.03. The first-order valence-electron chi connectivity index (χ1n) is 7.02. The number of carboxylic acids is 1. The third-order valence-corrected chi connectivity index (χ3v) is 3.03. The Morgan fingerprint density at radius 3 is 2.57 bits per heavy atom. The lowest BCUT2D eigenvalue weighted by Gasteiger charge is -2.08.